The van der Waals surface area contributed by atoms with Crippen LogP contribution in [-0.4, -0.2) is 22.0 Å². The van der Waals surface area contributed by atoms with Gasteiger partial charge in [-0.05, 0) is 54.0 Å². The van der Waals surface area contributed by atoms with Crippen LogP contribution >= 0.6 is 0 Å². The number of hydrogen-bond donors (Lipinski definition) is 1. The zero-order valence-electron chi connectivity index (χ0n) is 20.3. The van der Waals surface area contributed by atoms with E-state index in [0.29, 0.717) is 18.9 Å². The third-order valence-corrected chi connectivity index (χ3v) is 6.62. The number of amides is 1. The zero-order chi connectivity index (χ0) is 23.8. The monoisotopic (exact) mass is 453 g/mol. The van der Waals surface area contributed by atoms with Crippen LogP contribution in [0.5, 0.6) is 0 Å². The number of carbonyl (C=O) groups excluding carboxylic acids is 1. The SMILES string of the molecule is CCC(C)c1ccc(Cn2c(CCCNC(=O)CCc3ccccc3)nc3ccccc32)cc1. The molecule has 0 aliphatic rings. The molecule has 0 fully saturated rings. The van der Waals surface area contributed by atoms with Gasteiger partial charge in [0.05, 0.1) is 11.0 Å². The summed E-state index contributed by atoms with van der Waals surface area (Å²) >= 11 is 0. The Morgan fingerprint density at radius 2 is 1.65 bits per heavy atom. The van der Waals surface area contributed by atoms with E-state index in [9.17, 15) is 4.79 Å². The molecule has 1 unspecified atom stereocenters. The lowest BCUT2D eigenvalue weighted by atomic mass is 9.97. The van der Waals surface area contributed by atoms with E-state index in [1.54, 1.807) is 0 Å². The second-order valence-electron chi connectivity index (χ2n) is 9.09. The molecule has 4 rings (SSSR count). The van der Waals surface area contributed by atoms with Crippen LogP contribution in [0.1, 0.15) is 61.5 Å². The lowest BCUT2D eigenvalue weighted by molar-refractivity contribution is -0.121. The van der Waals surface area contributed by atoms with Gasteiger partial charge in [-0.25, -0.2) is 4.98 Å². The van der Waals surface area contributed by atoms with E-state index in [2.05, 4.69) is 78.3 Å². The Bertz CT molecular complexity index is 1190. The second kappa shape index (κ2) is 11.6. The molecule has 1 N–H and O–H groups in total. The Morgan fingerprint density at radius 1 is 0.912 bits per heavy atom. The molecule has 176 valence electrons. The number of para-hydroxylation sites is 2. The normalized spacial score (nSPS) is 12.1. The fourth-order valence-electron chi connectivity index (χ4n) is 4.33. The molecule has 0 radical (unpaired) electrons. The molecule has 1 heterocycles. The third kappa shape index (κ3) is 6.13. The maximum atomic E-state index is 12.2. The smallest absolute Gasteiger partial charge is 0.220 e. The van der Waals surface area contributed by atoms with Crippen molar-refractivity contribution in [2.75, 3.05) is 6.54 Å². The summed E-state index contributed by atoms with van der Waals surface area (Å²) in [5.41, 5.74) is 6.07. The van der Waals surface area contributed by atoms with Crippen molar-refractivity contribution in [1.29, 1.82) is 0 Å². The van der Waals surface area contributed by atoms with Gasteiger partial charge in [0.1, 0.15) is 5.82 Å². The highest BCUT2D eigenvalue weighted by molar-refractivity contribution is 5.76. The predicted octanol–water partition coefficient (Wildman–Crippen LogP) is 6.28. The van der Waals surface area contributed by atoms with Crippen LogP contribution in [0.2, 0.25) is 0 Å². The second-order valence-corrected chi connectivity index (χ2v) is 9.09. The van der Waals surface area contributed by atoms with Gasteiger partial charge >= 0.3 is 0 Å². The average molecular weight is 454 g/mol. The van der Waals surface area contributed by atoms with Gasteiger partial charge in [-0.3, -0.25) is 4.79 Å². The number of carbonyl (C=O) groups is 1. The Morgan fingerprint density at radius 3 is 2.41 bits per heavy atom. The maximum Gasteiger partial charge on any atom is 0.220 e. The molecule has 0 aliphatic carbocycles. The van der Waals surface area contributed by atoms with E-state index >= 15 is 0 Å². The summed E-state index contributed by atoms with van der Waals surface area (Å²) in [5, 5.41) is 3.07. The number of aryl methyl sites for hydroxylation is 2. The van der Waals surface area contributed by atoms with Gasteiger partial charge < -0.3 is 9.88 Å². The Balaban J connectivity index is 1.36. The number of benzene rings is 3. The first-order chi connectivity index (χ1) is 16.6. The van der Waals surface area contributed by atoms with Gasteiger partial charge in [-0.2, -0.15) is 0 Å². The third-order valence-electron chi connectivity index (χ3n) is 6.62. The van der Waals surface area contributed by atoms with Crippen molar-refractivity contribution in [3.05, 3.63) is 101 Å². The number of aromatic nitrogens is 2. The van der Waals surface area contributed by atoms with Crippen molar-refractivity contribution in [2.24, 2.45) is 0 Å². The number of nitrogens with one attached hydrogen (secondary N) is 1. The fraction of sp³-hybridized carbons (Fsp3) is 0.333. The van der Waals surface area contributed by atoms with Crippen molar-refractivity contribution < 1.29 is 4.79 Å². The van der Waals surface area contributed by atoms with Gasteiger partial charge in [-0.1, -0.05) is 80.6 Å². The molecule has 1 aromatic heterocycles. The minimum absolute atomic E-state index is 0.110. The van der Waals surface area contributed by atoms with E-state index in [1.807, 2.05) is 24.3 Å². The first-order valence-corrected chi connectivity index (χ1v) is 12.5. The van der Waals surface area contributed by atoms with Crippen molar-refractivity contribution in [1.82, 2.24) is 14.9 Å². The first kappa shape index (κ1) is 23.7. The van der Waals surface area contributed by atoms with Crippen LogP contribution < -0.4 is 5.32 Å². The molecule has 0 bridgehead atoms. The molecular weight excluding hydrogens is 418 g/mol. The number of fused-ring (bicyclic) bond motifs is 1. The summed E-state index contributed by atoms with van der Waals surface area (Å²) in [6.45, 7) is 5.98. The van der Waals surface area contributed by atoms with E-state index in [1.165, 1.54) is 16.7 Å². The fourth-order valence-corrected chi connectivity index (χ4v) is 4.33. The van der Waals surface area contributed by atoms with Gasteiger partial charge in [0.25, 0.3) is 0 Å². The van der Waals surface area contributed by atoms with Crippen LogP contribution in [0.3, 0.4) is 0 Å². The molecule has 4 heteroatoms. The van der Waals surface area contributed by atoms with Crippen molar-refractivity contribution in [3.8, 4) is 0 Å². The summed E-state index contributed by atoms with van der Waals surface area (Å²) in [5.74, 6) is 1.77. The molecule has 3 aromatic carbocycles. The molecule has 1 amide bonds. The number of rotatable bonds is 11. The standard InChI is InChI=1S/C30H35N3O/c1-3-23(2)26-18-15-25(16-19-26)22-33-28-13-8-7-12-27(28)32-29(33)14-9-21-31-30(34)20-17-24-10-5-4-6-11-24/h4-8,10-13,15-16,18-19,23H,3,9,14,17,20-22H2,1-2H3,(H,31,34). The molecule has 0 aliphatic heterocycles. The van der Waals surface area contributed by atoms with Crippen LogP contribution in [0.4, 0.5) is 0 Å². The number of imidazole rings is 1. The minimum Gasteiger partial charge on any atom is -0.356 e. The quantitative estimate of drug-likeness (QED) is 0.272. The van der Waals surface area contributed by atoms with Gasteiger partial charge in [0.2, 0.25) is 5.91 Å². The summed E-state index contributed by atoms with van der Waals surface area (Å²) in [6, 6.07) is 27.5. The van der Waals surface area contributed by atoms with Crippen molar-refractivity contribution in [2.45, 2.75) is 58.4 Å². The highest BCUT2D eigenvalue weighted by Gasteiger charge is 2.12. The predicted molar refractivity (Wildman–Crippen MR) is 140 cm³/mol. The van der Waals surface area contributed by atoms with Crippen LogP contribution in [0, 0.1) is 0 Å². The largest absolute Gasteiger partial charge is 0.356 e. The molecule has 1 atom stereocenters. The molecule has 4 aromatic rings. The first-order valence-electron chi connectivity index (χ1n) is 12.5. The molecule has 0 spiro atoms. The molecular formula is C30H35N3O. The highest BCUT2D eigenvalue weighted by Crippen LogP contribution is 2.22. The lowest BCUT2D eigenvalue weighted by Crippen LogP contribution is -2.25. The number of nitrogens with zero attached hydrogens (tertiary/aromatic N) is 2. The van der Waals surface area contributed by atoms with Crippen LogP contribution in [0.25, 0.3) is 11.0 Å². The van der Waals surface area contributed by atoms with E-state index in [0.717, 1.165) is 49.1 Å². The summed E-state index contributed by atoms with van der Waals surface area (Å²) < 4.78 is 2.32. The van der Waals surface area contributed by atoms with Gasteiger partial charge in [0.15, 0.2) is 0 Å². The molecule has 0 saturated heterocycles. The van der Waals surface area contributed by atoms with E-state index in [4.69, 9.17) is 4.98 Å². The average Bonchev–Trinajstić information content (AvgIpc) is 3.23. The Kier molecular flexibility index (Phi) is 8.13. The zero-order valence-corrected chi connectivity index (χ0v) is 20.3. The molecule has 34 heavy (non-hydrogen) atoms. The molecule has 4 nitrogen and oxygen atoms in total. The Labute approximate surface area is 203 Å². The number of hydrogen-bond acceptors (Lipinski definition) is 2. The lowest BCUT2D eigenvalue weighted by Gasteiger charge is -2.12. The van der Waals surface area contributed by atoms with Crippen molar-refractivity contribution in [3.63, 3.8) is 0 Å². The minimum atomic E-state index is 0.110. The topological polar surface area (TPSA) is 46.9 Å². The van der Waals surface area contributed by atoms with Crippen LogP contribution in [0.15, 0.2) is 78.9 Å². The van der Waals surface area contributed by atoms with Crippen molar-refractivity contribution >= 4 is 16.9 Å². The Hall–Kier alpha value is -3.40. The van der Waals surface area contributed by atoms with Gasteiger partial charge in [-0.15, -0.1) is 0 Å². The van der Waals surface area contributed by atoms with Gasteiger partial charge in [0, 0.05) is 25.9 Å². The molecule has 0 saturated carbocycles. The maximum absolute atomic E-state index is 12.2. The summed E-state index contributed by atoms with van der Waals surface area (Å²) in [7, 11) is 0. The highest BCUT2D eigenvalue weighted by atomic mass is 16.1. The summed E-state index contributed by atoms with van der Waals surface area (Å²) in [6.07, 6.45) is 4.15. The van der Waals surface area contributed by atoms with Crippen LogP contribution in [-0.2, 0) is 24.2 Å². The summed E-state index contributed by atoms with van der Waals surface area (Å²) in [4.78, 5) is 17.2. The van der Waals surface area contributed by atoms with E-state index in [-0.39, 0.29) is 5.91 Å². The van der Waals surface area contributed by atoms with E-state index < -0.39 is 0 Å².